The second-order valence-corrected chi connectivity index (χ2v) is 6.47. The highest BCUT2D eigenvalue weighted by Crippen LogP contribution is 2.26. The van der Waals surface area contributed by atoms with Crippen LogP contribution in [-0.2, 0) is 0 Å². The molecule has 2 aliphatic rings. The first-order chi connectivity index (χ1) is 11.8. The molecule has 3 heterocycles. The Morgan fingerprint density at radius 3 is 2.54 bits per heavy atom. The van der Waals surface area contributed by atoms with Crippen molar-refractivity contribution >= 4 is 5.91 Å². The fourth-order valence-corrected chi connectivity index (χ4v) is 3.54. The number of hydrogen-bond donors (Lipinski definition) is 3. The van der Waals surface area contributed by atoms with Crippen LogP contribution < -0.4 is 10.9 Å². The molecular weight excluding hydrogens is 304 g/mol. The van der Waals surface area contributed by atoms with Crippen LogP contribution in [0.3, 0.4) is 0 Å². The number of H-pyrrole nitrogens is 1. The summed E-state index contributed by atoms with van der Waals surface area (Å²) in [6.45, 7) is 2.51. The summed E-state index contributed by atoms with van der Waals surface area (Å²) >= 11 is 0. The Labute approximate surface area is 140 Å². The highest BCUT2D eigenvalue weighted by atomic mass is 16.2. The van der Waals surface area contributed by atoms with Crippen LogP contribution in [0.2, 0.25) is 0 Å². The van der Waals surface area contributed by atoms with E-state index >= 15 is 0 Å². The molecule has 3 N–H and O–H groups in total. The number of carbonyl (C=O) groups is 1. The van der Waals surface area contributed by atoms with Crippen LogP contribution in [0.1, 0.15) is 53.0 Å². The number of likely N-dealkylation sites (tertiary alicyclic amines) is 1. The zero-order valence-electron chi connectivity index (χ0n) is 13.5. The van der Waals surface area contributed by atoms with Gasteiger partial charge in [-0.15, -0.1) is 0 Å². The van der Waals surface area contributed by atoms with Gasteiger partial charge in [0, 0.05) is 37.2 Å². The molecule has 2 saturated heterocycles. The van der Waals surface area contributed by atoms with E-state index in [4.69, 9.17) is 0 Å². The molecule has 1 unspecified atom stereocenters. The number of nitrogens with one attached hydrogen (secondary N) is 3. The number of rotatable bonds is 3. The Morgan fingerprint density at radius 1 is 1.12 bits per heavy atom. The van der Waals surface area contributed by atoms with Crippen LogP contribution in [0.15, 0.2) is 30.6 Å². The first-order valence-electron chi connectivity index (χ1n) is 8.54. The summed E-state index contributed by atoms with van der Waals surface area (Å²) < 4.78 is 0. The van der Waals surface area contributed by atoms with E-state index in [9.17, 15) is 4.79 Å². The predicted molar refractivity (Wildman–Crippen MR) is 89.2 cm³/mol. The Kier molecular flexibility index (Phi) is 4.27. The standard InChI is InChI=1S/C17H22N6O/c24-17(14-3-1-12(2-4-14)15-5-8-19-21-15)23-9-6-13(7-10-23)16-18-11-20-22-16/h1-4,11,13,15,19,21H,5-10H2,(H,18,20,22). The maximum Gasteiger partial charge on any atom is 0.253 e. The maximum atomic E-state index is 12.7. The molecule has 126 valence electrons. The third kappa shape index (κ3) is 3.05. The van der Waals surface area contributed by atoms with Gasteiger partial charge in [0.05, 0.1) is 0 Å². The second kappa shape index (κ2) is 6.70. The number of piperidine rings is 1. The Bertz CT molecular complexity index is 670. The van der Waals surface area contributed by atoms with Crippen molar-refractivity contribution in [3.63, 3.8) is 0 Å². The SMILES string of the molecule is O=C(c1ccc(C2CCNN2)cc1)N1CCC(c2ncn[nH]2)CC1. The smallest absolute Gasteiger partial charge is 0.253 e. The van der Waals surface area contributed by atoms with Gasteiger partial charge in [-0.1, -0.05) is 12.1 Å². The van der Waals surface area contributed by atoms with Crippen molar-refractivity contribution in [3.05, 3.63) is 47.5 Å². The highest BCUT2D eigenvalue weighted by Gasteiger charge is 2.26. The lowest BCUT2D eigenvalue weighted by molar-refractivity contribution is 0.0711. The minimum Gasteiger partial charge on any atom is -0.339 e. The molecule has 4 rings (SSSR count). The van der Waals surface area contributed by atoms with Gasteiger partial charge >= 0.3 is 0 Å². The third-order valence-electron chi connectivity index (χ3n) is 5.00. The van der Waals surface area contributed by atoms with Crippen molar-refractivity contribution < 1.29 is 4.79 Å². The first-order valence-corrected chi connectivity index (χ1v) is 8.54. The number of hydrazine groups is 1. The van der Waals surface area contributed by atoms with Crippen LogP contribution in [0.25, 0.3) is 0 Å². The molecule has 0 radical (unpaired) electrons. The van der Waals surface area contributed by atoms with Crippen LogP contribution in [0, 0.1) is 0 Å². The summed E-state index contributed by atoms with van der Waals surface area (Å²) in [5.41, 5.74) is 8.37. The highest BCUT2D eigenvalue weighted by molar-refractivity contribution is 5.94. The largest absolute Gasteiger partial charge is 0.339 e. The monoisotopic (exact) mass is 326 g/mol. The molecule has 1 aromatic heterocycles. The number of carbonyl (C=O) groups excluding carboxylic acids is 1. The molecule has 0 spiro atoms. The summed E-state index contributed by atoms with van der Waals surface area (Å²) in [4.78, 5) is 18.9. The Balaban J connectivity index is 1.37. The molecule has 1 aromatic carbocycles. The normalized spacial score (nSPS) is 22.0. The van der Waals surface area contributed by atoms with Crippen molar-refractivity contribution in [1.82, 2.24) is 30.9 Å². The van der Waals surface area contributed by atoms with Gasteiger partial charge in [0.15, 0.2) is 0 Å². The molecule has 1 atom stereocenters. The fraction of sp³-hybridized carbons (Fsp3) is 0.471. The maximum absolute atomic E-state index is 12.7. The number of benzene rings is 1. The summed E-state index contributed by atoms with van der Waals surface area (Å²) in [5.74, 6) is 1.43. The molecule has 0 aliphatic carbocycles. The van der Waals surface area contributed by atoms with Gasteiger partial charge in [-0.25, -0.2) is 4.98 Å². The molecule has 2 fully saturated rings. The number of aromatic nitrogens is 3. The van der Waals surface area contributed by atoms with E-state index in [-0.39, 0.29) is 5.91 Å². The summed E-state index contributed by atoms with van der Waals surface area (Å²) in [5, 5.41) is 6.85. The molecule has 7 heteroatoms. The topological polar surface area (TPSA) is 85.9 Å². The minimum absolute atomic E-state index is 0.120. The van der Waals surface area contributed by atoms with E-state index in [1.165, 1.54) is 5.56 Å². The van der Waals surface area contributed by atoms with Crippen molar-refractivity contribution in [2.75, 3.05) is 19.6 Å². The first kappa shape index (κ1) is 15.3. The van der Waals surface area contributed by atoms with Crippen molar-refractivity contribution in [1.29, 1.82) is 0 Å². The van der Waals surface area contributed by atoms with Crippen LogP contribution in [0.4, 0.5) is 0 Å². The van der Waals surface area contributed by atoms with Crippen LogP contribution in [-0.4, -0.2) is 45.6 Å². The zero-order chi connectivity index (χ0) is 16.4. The number of hydrogen-bond acceptors (Lipinski definition) is 5. The molecule has 0 bridgehead atoms. The van der Waals surface area contributed by atoms with E-state index in [1.54, 1.807) is 6.33 Å². The van der Waals surface area contributed by atoms with Crippen molar-refractivity contribution in [2.45, 2.75) is 31.2 Å². The van der Waals surface area contributed by atoms with E-state index < -0.39 is 0 Å². The predicted octanol–water partition coefficient (Wildman–Crippen LogP) is 1.36. The van der Waals surface area contributed by atoms with Gasteiger partial charge in [-0.2, -0.15) is 5.10 Å². The quantitative estimate of drug-likeness (QED) is 0.793. The summed E-state index contributed by atoms with van der Waals surface area (Å²) in [6, 6.07) is 8.34. The molecule has 24 heavy (non-hydrogen) atoms. The Morgan fingerprint density at radius 2 is 1.92 bits per heavy atom. The van der Waals surface area contributed by atoms with E-state index in [2.05, 4.69) is 38.2 Å². The minimum atomic E-state index is 0.120. The van der Waals surface area contributed by atoms with Gasteiger partial charge in [0.2, 0.25) is 0 Å². The molecule has 7 nitrogen and oxygen atoms in total. The number of aromatic amines is 1. The van der Waals surface area contributed by atoms with E-state index in [0.717, 1.165) is 50.3 Å². The molecule has 1 amide bonds. The van der Waals surface area contributed by atoms with E-state index in [1.807, 2.05) is 17.0 Å². The summed E-state index contributed by atoms with van der Waals surface area (Å²) in [6.07, 6.45) is 4.47. The molecule has 2 aliphatic heterocycles. The van der Waals surface area contributed by atoms with Gasteiger partial charge in [-0.05, 0) is 37.0 Å². The van der Waals surface area contributed by atoms with Crippen molar-refractivity contribution in [3.8, 4) is 0 Å². The van der Waals surface area contributed by atoms with Crippen LogP contribution in [0.5, 0.6) is 0 Å². The second-order valence-electron chi connectivity index (χ2n) is 6.47. The molecule has 2 aromatic rings. The van der Waals surface area contributed by atoms with Gasteiger partial charge in [0.25, 0.3) is 5.91 Å². The van der Waals surface area contributed by atoms with Gasteiger partial charge < -0.3 is 4.90 Å². The van der Waals surface area contributed by atoms with Crippen LogP contribution >= 0.6 is 0 Å². The average Bonchev–Trinajstić information content (AvgIpc) is 3.35. The molecule has 0 saturated carbocycles. The lowest BCUT2D eigenvalue weighted by Gasteiger charge is -2.31. The third-order valence-corrected chi connectivity index (χ3v) is 5.00. The Hall–Kier alpha value is -2.25. The molecular formula is C17H22N6O. The van der Waals surface area contributed by atoms with E-state index in [0.29, 0.717) is 12.0 Å². The zero-order valence-corrected chi connectivity index (χ0v) is 13.5. The number of nitrogens with zero attached hydrogens (tertiary/aromatic N) is 3. The van der Waals surface area contributed by atoms with Crippen molar-refractivity contribution in [2.24, 2.45) is 0 Å². The summed E-state index contributed by atoms with van der Waals surface area (Å²) in [7, 11) is 0. The van der Waals surface area contributed by atoms with Gasteiger partial charge in [-0.3, -0.25) is 20.7 Å². The number of amides is 1. The average molecular weight is 326 g/mol. The fourth-order valence-electron chi connectivity index (χ4n) is 3.54. The lowest BCUT2D eigenvalue weighted by Crippen LogP contribution is -2.38. The van der Waals surface area contributed by atoms with Gasteiger partial charge in [0.1, 0.15) is 12.2 Å². The lowest BCUT2D eigenvalue weighted by atomic mass is 9.95.